The van der Waals surface area contributed by atoms with Crippen molar-refractivity contribution in [3.8, 4) is 6.19 Å². The highest BCUT2D eigenvalue weighted by molar-refractivity contribution is 8.45. The highest BCUT2D eigenvalue weighted by Crippen LogP contribution is 3.02. The molecule has 2 aliphatic rings. The number of hydrogen-bond donors (Lipinski definition) is 1. The highest BCUT2D eigenvalue weighted by Gasteiger charge is 2.65. The SMILES string of the molecule is N#CN1CCC(F)(F)[C@@H]1C(=O)N(c1ccc(S(F)(F)(F)(F)F)cc1)C(C(=O)NC1CCC(F)(F)CC1)c1cncc(F)c1. The number of nitrogens with one attached hydrogen (secondary N) is 1. The van der Waals surface area contributed by atoms with Crippen LogP contribution in [0.1, 0.15) is 43.7 Å². The van der Waals surface area contributed by atoms with Gasteiger partial charge in [0.05, 0.1) is 6.20 Å². The molecule has 0 bridgehead atoms. The van der Waals surface area contributed by atoms with E-state index < -0.39 is 99.8 Å². The second-order valence-electron chi connectivity index (χ2n) is 10.4. The number of carbonyl (C=O) groups excluding carboxylic acids is 2. The summed E-state index contributed by atoms with van der Waals surface area (Å²) < 4.78 is 139. The van der Waals surface area contributed by atoms with Crippen molar-refractivity contribution in [2.45, 2.75) is 67.0 Å². The third-order valence-electron chi connectivity index (χ3n) is 7.17. The van der Waals surface area contributed by atoms with E-state index in [9.17, 15) is 56.2 Å². The molecule has 4 rings (SSSR count). The molecule has 18 heteroatoms. The number of alkyl halides is 4. The molecule has 1 aromatic carbocycles. The van der Waals surface area contributed by atoms with Gasteiger partial charge in [-0.15, -0.1) is 0 Å². The lowest BCUT2D eigenvalue weighted by molar-refractivity contribution is -0.135. The van der Waals surface area contributed by atoms with Gasteiger partial charge in [0.25, 0.3) is 11.8 Å². The van der Waals surface area contributed by atoms with Gasteiger partial charge in [-0.25, -0.2) is 22.0 Å². The first-order valence-corrected chi connectivity index (χ1v) is 14.6. The van der Waals surface area contributed by atoms with E-state index in [0.717, 1.165) is 6.20 Å². The summed E-state index contributed by atoms with van der Waals surface area (Å²) in [5.74, 6) is -10.9. The normalized spacial score (nSPS) is 22.5. The number of nitriles is 1. The van der Waals surface area contributed by atoms with Crippen LogP contribution in [0.3, 0.4) is 0 Å². The van der Waals surface area contributed by atoms with Crippen LogP contribution in [0.5, 0.6) is 0 Å². The Kier molecular flexibility index (Phi) is 7.61. The van der Waals surface area contributed by atoms with E-state index in [1.807, 2.05) is 0 Å². The Bertz CT molecular complexity index is 1440. The van der Waals surface area contributed by atoms with E-state index in [0.29, 0.717) is 29.3 Å². The lowest BCUT2D eigenvalue weighted by Gasteiger charge is -2.41. The van der Waals surface area contributed by atoms with Crippen molar-refractivity contribution in [1.29, 1.82) is 5.26 Å². The lowest BCUT2D eigenvalue weighted by atomic mass is 9.91. The number of amides is 2. The summed E-state index contributed by atoms with van der Waals surface area (Å²) in [5, 5.41) is 11.8. The Balaban J connectivity index is 1.86. The standard InChI is InChI=1S/C25H23F10N5O2S/c26-16-11-15(12-37-13-16)20(22(41)38-17-5-7-24(27,28)8-6-17)40(23(42)21-25(29,30)9-10-39(21)14-36)18-1-3-19(4-2-18)43(31,32,33,34)35/h1-4,11-13,17,20-21H,5-10H2,(H,38,41)/t20?,21-/m0/s1. The minimum absolute atomic E-state index is 0.117. The van der Waals surface area contributed by atoms with Crippen LogP contribution in [0.4, 0.5) is 47.1 Å². The second kappa shape index (κ2) is 10.2. The number of pyridine rings is 1. The van der Waals surface area contributed by atoms with Crippen molar-refractivity contribution < 1.29 is 51.0 Å². The average molecular weight is 648 g/mol. The van der Waals surface area contributed by atoms with Crippen molar-refractivity contribution >= 4 is 27.7 Å². The van der Waals surface area contributed by atoms with Crippen LogP contribution in [0.15, 0.2) is 47.6 Å². The van der Waals surface area contributed by atoms with Crippen molar-refractivity contribution in [3.05, 3.63) is 54.1 Å². The Morgan fingerprint density at radius 1 is 1.02 bits per heavy atom. The molecule has 1 aliphatic carbocycles. The molecule has 43 heavy (non-hydrogen) atoms. The van der Waals surface area contributed by atoms with E-state index in [1.165, 1.54) is 6.19 Å². The zero-order valence-corrected chi connectivity index (χ0v) is 22.6. The summed E-state index contributed by atoms with van der Waals surface area (Å²) in [6.07, 6.45) is 0.178. The molecule has 0 spiro atoms. The highest BCUT2D eigenvalue weighted by atomic mass is 32.5. The molecule has 1 unspecified atom stereocenters. The second-order valence-corrected chi connectivity index (χ2v) is 12.8. The maximum Gasteiger partial charge on any atom is 0.310 e. The number of carbonyl (C=O) groups is 2. The molecule has 1 aliphatic heterocycles. The molecule has 0 radical (unpaired) electrons. The lowest BCUT2D eigenvalue weighted by Crippen LogP contribution is -2.55. The molecule has 2 aromatic rings. The van der Waals surface area contributed by atoms with Gasteiger partial charge < -0.3 is 5.32 Å². The molecule has 2 atom stereocenters. The Labute approximate surface area is 238 Å². The summed E-state index contributed by atoms with van der Waals surface area (Å²) in [4.78, 5) is 29.3. The third kappa shape index (κ3) is 7.08. The maximum absolute atomic E-state index is 14.9. The van der Waals surface area contributed by atoms with E-state index in [-0.39, 0.29) is 29.9 Å². The van der Waals surface area contributed by atoms with Crippen molar-refractivity contribution in [2.24, 2.45) is 0 Å². The van der Waals surface area contributed by atoms with Crippen LogP contribution < -0.4 is 10.2 Å². The Morgan fingerprint density at radius 3 is 2.16 bits per heavy atom. The minimum Gasteiger partial charge on any atom is -0.351 e. The summed E-state index contributed by atoms with van der Waals surface area (Å²) >= 11 is 0. The fourth-order valence-electron chi connectivity index (χ4n) is 5.04. The van der Waals surface area contributed by atoms with Crippen LogP contribution in [0, 0.1) is 17.3 Å². The summed E-state index contributed by atoms with van der Waals surface area (Å²) in [7, 11) is -10.2. The number of anilines is 1. The van der Waals surface area contributed by atoms with E-state index >= 15 is 0 Å². The quantitative estimate of drug-likeness (QED) is 0.263. The van der Waals surface area contributed by atoms with Gasteiger partial charge >= 0.3 is 10.2 Å². The number of likely N-dealkylation sites (tertiary alicyclic amines) is 1. The fraction of sp³-hybridized carbons (Fsp3) is 0.440. The van der Waals surface area contributed by atoms with E-state index in [2.05, 4.69) is 10.3 Å². The largest absolute Gasteiger partial charge is 0.351 e. The molecule has 2 fully saturated rings. The number of rotatable bonds is 7. The van der Waals surface area contributed by atoms with E-state index in [4.69, 9.17) is 0 Å². The molecular weight excluding hydrogens is 624 g/mol. The summed E-state index contributed by atoms with van der Waals surface area (Å²) in [6.45, 7) is -0.619. The predicted molar refractivity (Wildman–Crippen MR) is 133 cm³/mol. The molecule has 7 nitrogen and oxygen atoms in total. The molecule has 1 aromatic heterocycles. The van der Waals surface area contributed by atoms with Gasteiger partial charge in [-0.2, -0.15) is 5.26 Å². The van der Waals surface area contributed by atoms with Crippen molar-refractivity contribution in [2.75, 3.05) is 11.4 Å². The number of halogens is 10. The minimum atomic E-state index is -10.2. The number of benzene rings is 1. The molecule has 2 heterocycles. The first kappa shape index (κ1) is 32.2. The number of aromatic nitrogens is 1. The molecule has 1 N–H and O–H groups in total. The number of nitrogens with zero attached hydrogens (tertiary/aromatic N) is 4. The third-order valence-corrected chi connectivity index (χ3v) is 8.33. The topological polar surface area (TPSA) is 89.3 Å². The van der Waals surface area contributed by atoms with Gasteiger partial charge in [0.2, 0.25) is 11.8 Å². The molecule has 1 saturated heterocycles. The number of hydrogen-bond acceptors (Lipinski definition) is 5. The van der Waals surface area contributed by atoms with Gasteiger partial charge in [0, 0.05) is 49.3 Å². The monoisotopic (exact) mass is 647 g/mol. The first-order chi connectivity index (χ1) is 19.6. The summed E-state index contributed by atoms with van der Waals surface area (Å²) in [5.41, 5.74) is -1.25. The van der Waals surface area contributed by atoms with Crippen LogP contribution in [0.25, 0.3) is 0 Å². The van der Waals surface area contributed by atoms with Gasteiger partial charge in [-0.1, -0.05) is 19.4 Å². The zero-order valence-electron chi connectivity index (χ0n) is 21.8. The Morgan fingerprint density at radius 2 is 1.63 bits per heavy atom. The van der Waals surface area contributed by atoms with Gasteiger partial charge in [0.1, 0.15) is 16.8 Å². The van der Waals surface area contributed by atoms with Crippen molar-refractivity contribution in [1.82, 2.24) is 15.2 Å². The summed E-state index contributed by atoms with van der Waals surface area (Å²) in [6, 6.07) is -4.57. The fourth-order valence-corrected chi connectivity index (χ4v) is 5.69. The maximum atomic E-state index is 14.9. The first-order valence-electron chi connectivity index (χ1n) is 12.6. The van der Waals surface area contributed by atoms with Crippen LogP contribution in [-0.4, -0.2) is 52.2 Å². The smallest absolute Gasteiger partial charge is 0.310 e. The molecule has 236 valence electrons. The predicted octanol–water partition coefficient (Wildman–Crippen LogP) is 6.84. The van der Waals surface area contributed by atoms with Gasteiger partial charge in [0.15, 0.2) is 12.2 Å². The molecule has 2 amide bonds. The van der Waals surface area contributed by atoms with Crippen LogP contribution >= 0.6 is 10.2 Å². The van der Waals surface area contributed by atoms with Gasteiger partial charge in [-0.3, -0.25) is 24.4 Å². The Hall–Kier alpha value is -3.75. The zero-order chi connectivity index (χ0) is 32.1. The average Bonchev–Trinajstić information content (AvgIpc) is 3.20. The van der Waals surface area contributed by atoms with Gasteiger partial charge in [-0.05, 0) is 43.2 Å². The molecular formula is C25H23F10N5O2S. The molecule has 1 saturated carbocycles. The van der Waals surface area contributed by atoms with Crippen LogP contribution in [0.2, 0.25) is 0 Å². The van der Waals surface area contributed by atoms with Crippen molar-refractivity contribution in [3.63, 3.8) is 0 Å². The van der Waals surface area contributed by atoms with Crippen LogP contribution in [-0.2, 0) is 9.59 Å². The van der Waals surface area contributed by atoms with E-state index in [1.54, 1.807) is 0 Å².